The van der Waals surface area contributed by atoms with E-state index in [0.717, 1.165) is 17.7 Å². The zero-order valence-electron chi connectivity index (χ0n) is 11.2. The molecule has 0 fully saturated rings. The number of halogens is 1. The van der Waals surface area contributed by atoms with E-state index in [1.807, 2.05) is 12.1 Å². The third-order valence-electron chi connectivity index (χ3n) is 3.51. The van der Waals surface area contributed by atoms with Crippen molar-refractivity contribution in [2.75, 3.05) is 0 Å². The minimum absolute atomic E-state index is 0.533. The Bertz CT molecular complexity index is 799. The largest absolute Gasteiger partial charge is 0.424 e. The number of ether oxygens (including phenoxy) is 1. The molecule has 1 aliphatic rings. The molecule has 4 nitrogen and oxygen atoms in total. The lowest BCUT2D eigenvalue weighted by atomic mass is 10.0. The van der Waals surface area contributed by atoms with Crippen molar-refractivity contribution in [3.8, 4) is 11.8 Å². The quantitative estimate of drug-likeness (QED) is 0.557. The molecular formula is C16H12BrN3O. The Morgan fingerprint density at radius 3 is 2.81 bits per heavy atom. The fourth-order valence-corrected chi connectivity index (χ4v) is 2.88. The summed E-state index contributed by atoms with van der Waals surface area (Å²) in [6.07, 6.45) is 0.919. The van der Waals surface area contributed by atoms with Crippen LogP contribution in [0.4, 0.5) is 0 Å². The summed E-state index contributed by atoms with van der Waals surface area (Å²) in [5.74, 6) is 0.860. The van der Waals surface area contributed by atoms with Gasteiger partial charge in [0.15, 0.2) is 0 Å². The van der Waals surface area contributed by atoms with Crippen molar-refractivity contribution in [2.24, 2.45) is 0 Å². The van der Waals surface area contributed by atoms with E-state index in [2.05, 4.69) is 62.4 Å². The Kier molecular flexibility index (Phi) is 3.00. The van der Waals surface area contributed by atoms with E-state index in [1.54, 1.807) is 4.68 Å². The van der Waals surface area contributed by atoms with E-state index >= 15 is 0 Å². The van der Waals surface area contributed by atoms with Crippen LogP contribution in [0.25, 0.3) is 0 Å². The number of nitrogens with zero attached hydrogens (tertiary/aromatic N) is 3. The molecule has 3 aromatic rings. The molecule has 0 unspecified atom stereocenters. The molecule has 2 heterocycles. The minimum Gasteiger partial charge on any atom is -0.424 e. The van der Waals surface area contributed by atoms with Crippen LogP contribution in [0.2, 0.25) is 0 Å². The van der Waals surface area contributed by atoms with Crippen LogP contribution in [0.15, 0.2) is 53.3 Å². The van der Waals surface area contributed by atoms with Crippen LogP contribution >= 0.6 is 15.9 Å². The van der Waals surface area contributed by atoms with Gasteiger partial charge in [-0.05, 0) is 45.6 Å². The maximum Gasteiger partial charge on any atom is 0.321 e. The molecule has 1 aromatic heterocycles. The molecule has 0 atom stereocenters. The predicted octanol–water partition coefficient (Wildman–Crippen LogP) is 3.79. The molecule has 0 saturated heterocycles. The van der Waals surface area contributed by atoms with Crippen LogP contribution in [0, 0.1) is 0 Å². The summed E-state index contributed by atoms with van der Waals surface area (Å²) < 4.78 is 8.08. The van der Waals surface area contributed by atoms with E-state index in [1.165, 1.54) is 11.1 Å². The second-order valence-electron chi connectivity index (χ2n) is 5.03. The number of rotatable bonds is 2. The van der Waals surface area contributed by atoms with Crippen molar-refractivity contribution in [3.05, 3.63) is 70.0 Å². The van der Waals surface area contributed by atoms with Crippen LogP contribution in [0.3, 0.4) is 0 Å². The molecule has 2 aromatic carbocycles. The highest BCUT2D eigenvalue weighted by atomic mass is 79.9. The molecule has 0 bridgehead atoms. The Morgan fingerprint density at radius 1 is 1.10 bits per heavy atom. The lowest BCUT2D eigenvalue weighted by Gasteiger charge is -2.17. The van der Waals surface area contributed by atoms with Gasteiger partial charge in [0.2, 0.25) is 4.73 Å². The Balaban J connectivity index is 1.63. The third-order valence-corrected chi connectivity index (χ3v) is 3.85. The smallest absolute Gasteiger partial charge is 0.321 e. The first-order valence-corrected chi connectivity index (χ1v) is 7.51. The Morgan fingerprint density at radius 2 is 1.95 bits per heavy atom. The monoisotopic (exact) mass is 341 g/mol. The summed E-state index contributed by atoms with van der Waals surface area (Å²) in [4.78, 5) is 4.19. The lowest BCUT2D eigenvalue weighted by Crippen LogP contribution is -2.11. The predicted molar refractivity (Wildman–Crippen MR) is 82.6 cm³/mol. The fraction of sp³-hybridized carbons (Fsp3) is 0.125. The van der Waals surface area contributed by atoms with Gasteiger partial charge in [-0.25, -0.2) is 4.68 Å². The average Bonchev–Trinajstić information content (AvgIpc) is 2.85. The van der Waals surface area contributed by atoms with Gasteiger partial charge in [0.05, 0.1) is 6.54 Å². The summed E-state index contributed by atoms with van der Waals surface area (Å²) in [6.45, 7) is 0.686. The highest BCUT2D eigenvalue weighted by Gasteiger charge is 2.20. The first-order valence-electron chi connectivity index (χ1n) is 6.72. The van der Waals surface area contributed by atoms with Crippen molar-refractivity contribution in [1.29, 1.82) is 0 Å². The van der Waals surface area contributed by atoms with Crippen molar-refractivity contribution in [1.82, 2.24) is 14.8 Å². The molecule has 104 valence electrons. The number of benzene rings is 2. The number of hydrogen-bond acceptors (Lipinski definition) is 3. The van der Waals surface area contributed by atoms with E-state index < -0.39 is 0 Å². The summed E-state index contributed by atoms with van der Waals surface area (Å²) in [6, 6.07) is 17.3. The van der Waals surface area contributed by atoms with E-state index in [0.29, 0.717) is 17.3 Å². The number of hydrogen-bond donors (Lipinski definition) is 0. The lowest BCUT2D eigenvalue weighted by molar-refractivity contribution is 0.375. The molecule has 0 spiro atoms. The number of fused-ring (bicyclic) bond motifs is 2. The molecule has 21 heavy (non-hydrogen) atoms. The minimum atomic E-state index is 0.533. The molecule has 0 N–H and O–H groups in total. The van der Waals surface area contributed by atoms with Crippen molar-refractivity contribution in [2.45, 2.75) is 13.0 Å². The molecular weight excluding hydrogens is 330 g/mol. The first kappa shape index (κ1) is 12.6. The SMILES string of the molecule is Brc1nc2n(n1)Cc1cc(Cc3ccccc3)ccc1O2. The molecule has 1 aliphatic heterocycles. The van der Waals surface area contributed by atoms with Crippen molar-refractivity contribution >= 4 is 15.9 Å². The van der Waals surface area contributed by atoms with E-state index in [-0.39, 0.29) is 0 Å². The fourth-order valence-electron chi connectivity index (χ4n) is 2.54. The molecule has 0 aliphatic carbocycles. The summed E-state index contributed by atoms with van der Waals surface area (Å²) in [5.41, 5.74) is 3.71. The summed E-state index contributed by atoms with van der Waals surface area (Å²) in [7, 11) is 0. The zero-order chi connectivity index (χ0) is 14.2. The normalized spacial score (nSPS) is 12.4. The van der Waals surface area contributed by atoms with Gasteiger partial charge in [-0.15, -0.1) is 5.10 Å². The first-order chi connectivity index (χ1) is 10.3. The highest BCUT2D eigenvalue weighted by molar-refractivity contribution is 9.10. The maximum atomic E-state index is 5.76. The van der Waals surface area contributed by atoms with E-state index in [4.69, 9.17) is 4.74 Å². The molecule has 0 radical (unpaired) electrons. The topological polar surface area (TPSA) is 39.9 Å². The van der Waals surface area contributed by atoms with Crippen molar-refractivity contribution in [3.63, 3.8) is 0 Å². The third kappa shape index (κ3) is 2.45. The van der Waals surface area contributed by atoms with Gasteiger partial charge < -0.3 is 4.74 Å². The van der Waals surface area contributed by atoms with Crippen molar-refractivity contribution < 1.29 is 4.74 Å². The number of aromatic nitrogens is 3. The summed E-state index contributed by atoms with van der Waals surface area (Å²) >= 11 is 3.27. The van der Waals surface area contributed by atoms with Gasteiger partial charge in [0, 0.05) is 5.56 Å². The zero-order valence-corrected chi connectivity index (χ0v) is 12.7. The Labute approximate surface area is 130 Å². The van der Waals surface area contributed by atoms with Crippen LogP contribution in [-0.2, 0) is 13.0 Å². The average molecular weight is 342 g/mol. The second-order valence-corrected chi connectivity index (χ2v) is 5.74. The van der Waals surface area contributed by atoms with Crippen LogP contribution in [0.1, 0.15) is 16.7 Å². The van der Waals surface area contributed by atoms with Gasteiger partial charge in [-0.2, -0.15) is 4.98 Å². The molecule has 0 amide bonds. The molecule has 5 heteroatoms. The van der Waals surface area contributed by atoms with Crippen LogP contribution in [0.5, 0.6) is 11.8 Å². The second kappa shape index (κ2) is 5.00. The molecule has 4 rings (SSSR count). The Hall–Kier alpha value is -2.14. The van der Waals surface area contributed by atoms with Crippen LogP contribution < -0.4 is 4.74 Å². The molecule has 0 saturated carbocycles. The highest BCUT2D eigenvalue weighted by Crippen LogP contribution is 2.32. The maximum absolute atomic E-state index is 5.76. The van der Waals surface area contributed by atoms with Gasteiger partial charge in [0.25, 0.3) is 0 Å². The van der Waals surface area contributed by atoms with Gasteiger partial charge in [-0.1, -0.05) is 36.4 Å². The van der Waals surface area contributed by atoms with Crippen LogP contribution in [-0.4, -0.2) is 14.8 Å². The van der Waals surface area contributed by atoms with Gasteiger partial charge in [-0.3, -0.25) is 0 Å². The van der Waals surface area contributed by atoms with Gasteiger partial charge >= 0.3 is 6.01 Å². The standard InChI is InChI=1S/C16H12BrN3O/c17-15-18-16-20(19-15)10-13-9-12(6-7-14(13)21-16)8-11-4-2-1-3-5-11/h1-7,9H,8,10H2. The van der Waals surface area contributed by atoms with Gasteiger partial charge in [0.1, 0.15) is 5.75 Å². The summed E-state index contributed by atoms with van der Waals surface area (Å²) in [5, 5.41) is 4.26. The van der Waals surface area contributed by atoms with E-state index in [9.17, 15) is 0 Å².